The number of rotatable bonds is 7. The van der Waals surface area contributed by atoms with Gasteiger partial charge >= 0.3 is 5.97 Å². The van der Waals surface area contributed by atoms with E-state index >= 15 is 0 Å². The number of carboxylic acids is 1. The summed E-state index contributed by atoms with van der Waals surface area (Å²) in [5.74, 6) is -0.799. The van der Waals surface area contributed by atoms with E-state index in [2.05, 4.69) is 91.0 Å². The number of hydrogen-bond donors (Lipinski definition) is 1. The molecule has 0 fully saturated rings. The van der Waals surface area contributed by atoms with Crippen LogP contribution in [0.3, 0.4) is 0 Å². The summed E-state index contributed by atoms with van der Waals surface area (Å²) >= 11 is 0. The molecule has 4 rings (SSSR count). The maximum Gasteiger partial charge on any atom is 0.307 e. The number of aliphatic carboxylic acids is 1. The maximum absolute atomic E-state index is 11.0. The summed E-state index contributed by atoms with van der Waals surface area (Å²) in [4.78, 5) is 11.0. The van der Waals surface area contributed by atoms with Crippen molar-refractivity contribution in [2.45, 2.75) is 12.8 Å². The molecule has 0 bridgehead atoms. The molecule has 0 unspecified atom stereocenters. The van der Waals surface area contributed by atoms with Gasteiger partial charge in [-0.1, -0.05) is 109 Å². The Morgan fingerprint density at radius 1 is 0.613 bits per heavy atom. The first kappa shape index (κ1) is 22.9. The SMILES string of the molecule is Br.O=C(O)Cc1cccc(Cc2ccc(P(c3ccccc3)c3ccccc3)cc2)c1. The zero-order valence-corrected chi connectivity index (χ0v) is 19.6. The van der Waals surface area contributed by atoms with Gasteiger partial charge in [0.05, 0.1) is 6.42 Å². The lowest BCUT2D eigenvalue weighted by Gasteiger charge is -2.19. The van der Waals surface area contributed by atoms with Crippen LogP contribution >= 0.6 is 24.9 Å². The smallest absolute Gasteiger partial charge is 0.307 e. The molecule has 0 spiro atoms. The summed E-state index contributed by atoms with van der Waals surface area (Å²) in [6.45, 7) is 0. The Bertz CT molecular complexity index is 1070. The van der Waals surface area contributed by atoms with Gasteiger partial charge in [-0.05, 0) is 46.9 Å². The van der Waals surface area contributed by atoms with Gasteiger partial charge in [-0.2, -0.15) is 0 Å². The fourth-order valence-corrected chi connectivity index (χ4v) is 5.91. The van der Waals surface area contributed by atoms with Crippen molar-refractivity contribution < 1.29 is 9.90 Å². The minimum atomic E-state index is -0.799. The lowest BCUT2D eigenvalue weighted by molar-refractivity contribution is -0.136. The summed E-state index contributed by atoms with van der Waals surface area (Å²) in [6, 6.07) is 38.1. The van der Waals surface area contributed by atoms with Gasteiger partial charge in [0.1, 0.15) is 0 Å². The van der Waals surface area contributed by atoms with Crippen molar-refractivity contribution in [2.24, 2.45) is 0 Å². The molecule has 0 saturated heterocycles. The molecule has 156 valence electrons. The Balaban J connectivity index is 0.00000272. The standard InChI is InChI=1S/C27H23O2P.BrH/c28-27(29)20-23-9-7-8-22(19-23)18-21-14-16-26(17-15-21)30(24-10-3-1-4-11-24)25-12-5-2-6-13-25;/h1-17,19H,18,20H2,(H,28,29);1H. The third-order valence-corrected chi connectivity index (χ3v) is 7.42. The third kappa shape index (κ3) is 6.13. The highest BCUT2D eigenvalue weighted by Gasteiger charge is 2.15. The molecule has 0 radical (unpaired) electrons. The Kier molecular flexibility index (Phi) is 8.17. The number of benzene rings is 4. The number of hydrogen-bond acceptors (Lipinski definition) is 1. The first-order valence-electron chi connectivity index (χ1n) is 9.98. The van der Waals surface area contributed by atoms with Crippen molar-refractivity contribution in [3.63, 3.8) is 0 Å². The quantitative estimate of drug-likeness (QED) is 0.359. The van der Waals surface area contributed by atoms with Crippen LogP contribution in [0.15, 0.2) is 109 Å². The van der Waals surface area contributed by atoms with Crippen LogP contribution in [-0.2, 0) is 17.6 Å². The summed E-state index contributed by atoms with van der Waals surface area (Å²) in [7, 11) is -0.598. The number of halogens is 1. The average molecular weight is 491 g/mol. The van der Waals surface area contributed by atoms with E-state index < -0.39 is 13.9 Å². The fourth-order valence-electron chi connectivity index (χ4n) is 3.62. The molecule has 0 amide bonds. The Morgan fingerprint density at radius 3 is 1.68 bits per heavy atom. The fraction of sp³-hybridized carbons (Fsp3) is 0.0741. The van der Waals surface area contributed by atoms with Crippen LogP contribution in [0.1, 0.15) is 16.7 Å². The normalized spacial score (nSPS) is 10.5. The van der Waals surface area contributed by atoms with Gasteiger partial charge in [0.25, 0.3) is 0 Å². The molecule has 31 heavy (non-hydrogen) atoms. The first-order chi connectivity index (χ1) is 14.7. The molecule has 2 nitrogen and oxygen atoms in total. The number of carboxylic acid groups (broad SMARTS) is 1. The highest BCUT2D eigenvalue weighted by molar-refractivity contribution is 8.93. The maximum atomic E-state index is 11.0. The molecule has 0 aromatic heterocycles. The first-order valence-corrected chi connectivity index (χ1v) is 11.3. The van der Waals surface area contributed by atoms with Gasteiger partial charge in [0.2, 0.25) is 0 Å². The molecule has 0 saturated carbocycles. The van der Waals surface area contributed by atoms with Crippen LogP contribution in [0.2, 0.25) is 0 Å². The topological polar surface area (TPSA) is 37.3 Å². The van der Waals surface area contributed by atoms with Gasteiger partial charge in [-0.3, -0.25) is 4.79 Å². The van der Waals surface area contributed by atoms with Crippen molar-refractivity contribution in [3.8, 4) is 0 Å². The summed E-state index contributed by atoms with van der Waals surface area (Å²) in [5.41, 5.74) is 3.20. The highest BCUT2D eigenvalue weighted by Crippen LogP contribution is 2.32. The van der Waals surface area contributed by atoms with Crippen molar-refractivity contribution in [1.82, 2.24) is 0 Å². The predicted molar refractivity (Wildman–Crippen MR) is 136 cm³/mol. The third-order valence-electron chi connectivity index (χ3n) is 4.98. The molecule has 0 atom stereocenters. The van der Waals surface area contributed by atoms with E-state index in [0.717, 1.165) is 17.5 Å². The van der Waals surface area contributed by atoms with Gasteiger partial charge < -0.3 is 5.11 Å². The summed E-state index contributed by atoms with van der Waals surface area (Å²) in [5, 5.41) is 13.0. The second-order valence-electron chi connectivity index (χ2n) is 7.24. The minimum absolute atomic E-state index is 0. The highest BCUT2D eigenvalue weighted by atomic mass is 79.9. The second kappa shape index (κ2) is 11.0. The Morgan fingerprint density at radius 2 is 1.13 bits per heavy atom. The van der Waals surface area contributed by atoms with Crippen LogP contribution in [0.25, 0.3) is 0 Å². The molecule has 4 heteroatoms. The zero-order valence-electron chi connectivity index (χ0n) is 17.0. The van der Waals surface area contributed by atoms with Gasteiger partial charge in [0, 0.05) is 0 Å². The lowest BCUT2D eigenvalue weighted by Crippen LogP contribution is -2.20. The Labute approximate surface area is 195 Å². The Hall–Kier alpha value is -2.74. The molecule has 1 N–H and O–H groups in total. The van der Waals surface area contributed by atoms with E-state index in [0.29, 0.717) is 0 Å². The van der Waals surface area contributed by atoms with Crippen molar-refractivity contribution in [1.29, 1.82) is 0 Å². The molecule has 4 aromatic carbocycles. The van der Waals surface area contributed by atoms with E-state index in [4.69, 9.17) is 5.11 Å². The van der Waals surface area contributed by atoms with Gasteiger partial charge in [-0.25, -0.2) is 0 Å². The number of carbonyl (C=O) groups is 1. The van der Waals surface area contributed by atoms with E-state index in [1.54, 1.807) is 0 Å². The van der Waals surface area contributed by atoms with E-state index in [1.807, 2.05) is 18.2 Å². The second-order valence-corrected chi connectivity index (χ2v) is 9.46. The van der Waals surface area contributed by atoms with Crippen LogP contribution < -0.4 is 15.9 Å². The molecule has 0 aliphatic heterocycles. The zero-order chi connectivity index (χ0) is 20.8. The molecular formula is C27H24BrO2P. The monoisotopic (exact) mass is 490 g/mol. The van der Waals surface area contributed by atoms with Gasteiger partial charge in [0.15, 0.2) is 0 Å². The molecule has 0 aliphatic rings. The van der Waals surface area contributed by atoms with Crippen molar-refractivity contribution >= 4 is 46.8 Å². The largest absolute Gasteiger partial charge is 0.481 e. The van der Waals surface area contributed by atoms with Crippen LogP contribution in [0.4, 0.5) is 0 Å². The van der Waals surface area contributed by atoms with Crippen LogP contribution in [0, 0.1) is 0 Å². The summed E-state index contributed by atoms with van der Waals surface area (Å²) < 4.78 is 0. The molecule has 0 heterocycles. The lowest BCUT2D eigenvalue weighted by atomic mass is 10.0. The van der Waals surface area contributed by atoms with Crippen LogP contribution in [0.5, 0.6) is 0 Å². The van der Waals surface area contributed by atoms with Crippen molar-refractivity contribution in [3.05, 3.63) is 126 Å². The summed E-state index contributed by atoms with van der Waals surface area (Å²) in [6.07, 6.45) is 0.855. The van der Waals surface area contributed by atoms with E-state index in [-0.39, 0.29) is 23.4 Å². The average Bonchev–Trinajstić information content (AvgIpc) is 2.77. The molecular weight excluding hydrogens is 467 g/mol. The van der Waals surface area contributed by atoms with E-state index in [1.165, 1.54) is 21.5 Å². The molecule has 4 aromatic rings. The van der Waals surface area contributed by atoms with Gasteiger partial charge in [-0.15, -0.1) is 17.0 Å². The van der Waals surface area contributed by atoms with Crippen molar-refractivity contribution in [2.75, 3.05) is 0 Å². The van der Waals surface area contributed by atoms with Crippen LogP contribution in [-0.4, -0.2) is 11.1 Å². The minimum Gasteiger partial charge on any atom is -0.481 e. The van der Waals surface area contributed by atoms with E-state index in [9.17, 15) is 4.79 Å². The predicted octanol–water partition coefficient (Wildman–Crippen LogP) is 5.24. The molecule has 0 aliphatic carbocycles.